The summed E-state index contributed by atoms with van der Waals surface area (Å²) in [6.45, 7) is 9.21. The fourth-order valence-corrected chi connectivity index (χ4v) is 4.39. The molecule has 1 amide bonds. The van der Waals surface area contributed by atoms with Gasteiger partial charge in [0, 0.05) is 12.6 Å². The normalized spacial score (nSPS) is 21.3. The van der Waals surface area contributed by atoms with E-state index in [4.69, 9.17) is 9.47 Å². The van der Waals surface area contributed by atoms with Crippen LogP contribution in [0.4, 0.5) is 0 Å². The molecular weight excluding hydrogens is 346 g/mol. The van der Waals surface area contributed by atoms with Crippen molar-refractivity contribution in [3.8, 4) is 0 Å². The van der Waals surface area contributed by atoms with Gasteiger partial charge in [-0.05, 0) is 26.7 Å². The highest BCUT2D eigenvalue weighted by atomic mass is 32.2. The van der Waals surface area contributed by atoms with Crippen molar-refractivity contribution >= 4 is 21.7 Å². The van der Waals surface area contributed by atoms with Gasteiger partial charge in [0.05, 0.1) is 18.1 Å². The number of rotatable bonds is 10. The molecule has 0 aromatic heterocycles. The SMILES string of the molecule is C=CCOC(C)C(=O)OC(C)C(=O)N(CCCC)C1CCS(=O)(=O)C1. The van der Waals surface area contributed by atoms with E-state index in [1.54, 1.807) is 11.8 Å². The van der Waals surface area contributed by atoms with E-state index in [0.717, 1.165) is 12.8 Å². The van der Waals surface area contributed by atoms with Gasteiger partial charge in [-0.2, -0.15) is 0 Å². The first kappa shape index (κ1) is 21.6. The highest BCUT2D eigenvalue weighted by molar-refractivity contribution is 7.91. The van der Waals surface area contributed by atoms with Gasteiger partial charge in [0.1, 0.15) is 0 Å². The van der Waals surface area contributed by atoms with Crippen LogP contribution in [0, 0.1) is 0 Å². The van der Waals surface area contributed by atoms with Crippen LogP contribution in [0.25, 0.3) is 0 Å². The molecule has 0 saturated carbocycles. The summed E-state index contributed by atoms with van der Waals surface area (Å²) in [4.78, 5) is 26.2. The molecule has 3 atom stereocenters. The second-order valence-electron chi connectivity index (χ2n) is 6.29. The van der Waals surface area contributed by atoms with Gasteiger partial charge >= 0.3 is 5.97 Å². The van der Waals surface area contributed by atoms with Crippen molar-refractivity contribution < 1.29 is 27.5 Å². The third-order valence-corrected chi connectivity index (χ3v) is 5.87. The molecule has 0 bridgehead atoms. The molecule has 1 heterocycles. The van der Waals surface area contributed by atoms with Gasteiger partial charge in [0.15, 0.2) is 22.0 Å². The summed E-state index contributed by atoms with van der Waals surface area (Å²) >= 11 is 0. The Morgan fingerprint density at radius 1 is 1.32 bits per heavy atom. The van der Waals surface area contributed by atoms with Crippen LogP contribution >= 0.6 is 0 Å². The Kier molecular flexibility index (Phi) is 8.58. The fraction of sp³-hybridized carbons (Fsp3) is 0.765. The molecule has 3 unspecified atom stereocenters. The molecule has 1 fully saturated rings. The maximum atomic E-state index is 12.7. The van der Waals surface area contributed by atoms with Crippen molar-refractivity contribution in [2.45, 2.75) is 58.3 Å². The maximum absolute atomic E-state index is 12.7. The van der Waals surface area contributed by atoms with Gasteiger partial charge in [0.25, 0.3) is 5.91 Å². The zero-order valence-electron chi connectivity index (χ0n) is 15.3. The highest BCUT2D eigenvalue weighted by Gasteiger charge is 2.36. The van der Waals surface area contributed by atoms with Crippen molar-refractivity contribution in [3.63, 3.8) is 0 Å². The molecule has 144 valence electrons. The van der Waals surface area contributed by atoms with E-state index >= 15 is 0 Å². The molecule has 7 nitrogen and oxygen atoms in total. The molecular formula is C17H29NO6S. The molecule has 0 N–H and O–H groups in total. The maximum Gasteiger partial charge on any atom is 0.335 e. The molecule has 0 aromatic rings. The molecule has 0 aliphatic carbocycles. The lowest BCUT2D eigenvalue weighted by molar-refractivity contribution is -0.168. The molecule has 0 spiro atoms. The van der Waals surface area contributed by atoms with Gasteiger partial charge in [-0.25, -0.2) is 13.2 Å². The third-order valence-electron chi connectivity index (χ3n) is 4.12. The number of sulfone groups is 1. The topological polar surface area (TPSA) is 90.0 Å². The third kappa shape index (κ3) is 6.78. The first-order valence-electron chi connectivity index (χ1n) is 8.65. The minimum Gasteiger partial charge on any atom is -0.451 e. The van der Waals surface area contributed by atoms with Crippen molar-refractivity contribution in [2.75, 3.05) is 24.7 Å². The predicted octanol–water partition coefficient (Wildman–Crippen LogP) is 1.33. The van der Waals surface area contributed by atoms with Crippen LogP contribution in [-0.2, 0) is 28.9 Å². The Morgan fingerprint density at radius 3 is 2.52 bits per heavy atom. The molecule has 1 aliphatic heterocycles. The number of nitrogens with zero attached hydrogens (tertiary/aromatic N) is 1. The average molecular weight is 375 g/mol. The van der Waals surface area contributed by atoms with Crippen LogP contribution in [0.5, 0.6) is 0 Å². The fourth-order valence-electron chi connectivity index (χ4n) is 2.66. The van der Waals surface area contributed by atoms with Gasteiger partial charge in [0.2, 0.25) is 0 Å². The van der Waals surface area contributed by atoms with Crippen LogP contribution in [0.3, 0.4) is 0 Å². The quantitative estimate of drug-likeness (QED) is 0.423. The highest BCUT2D eigenvalue weighted by Crippen LogP contribution is 2.20. The molecule has 0 aromatic carbocycles. The second-order valence-corrected chi connectivity index (χ2v) is 8.51. The first-order chi connectivity index (χ1) is 11.7. The lowest BCUT2D eigenvalue weighted by Gasteiger charge is -2.30. The van der Waals surface area contributed by atoms with E-state index < -0.39 is 28.0 Å². The summed E-state index contributed by atoms with van der Waals surface area (Å²) < 4.78 is 33.9. The van der Waals surface area contributed by atoms with E-state index in [2.05, 4.69) is 6.58 Å². The summed E-state index contributed by atoms with van der Waals surface area (Å²) in [6, 6.07) is -0.348. The van der Waals surface area contributed by atoms with Crippen molar-refractivity contribution in [3.05, 3.63) is 12.7 Å². The summed E-state index contributed by atoms with van der Waals surface area (Å²) in [7, 11) is -3.10. The van der Waals surface area contributed by atoms with E-state index in [1.165, 1.54) is 13.0 Å². The Hall–Kier alpha value is -1.41. The summed E-state index contributed by atoms with van der Waals surface area (Å²) in [6.07, 6.45) is 1.81. The zero-order chi connectivity index (χ0) is 19.0. The number of unbranched alkanes of at least 4 members (excludes halogenated alkanes) is 1. The van der Waals surface area contributed by atoms with E-state index in [-0.39, 0.29) is 30.1 Å². The number of esters is 1. The number of ether oxygens (including phenoxy) is 2. The average Bonchev–Trinajstić information content (AvgIpc) is 2.92. The Morgan fingerprint density at radius 2 is 2.00 bits per heavy atom. The molecule has 1 aliphatic rings. The summed E-state index contributed by atoms with van der Waals surface area (Å²) in [5.74, 6) is -0.923. The van der Waals surface area contributed by atoms with Crippen LogP contribution in [0.1, 0.15) is 40.0 Å². The van der Waals surface area contributed by atoms with Crippen LogP contribution in [0.2, 0.25) is 0 Å². The standard InChI is InChI=1S/C17H29NO6S/c1-5-7-9-18(15-8-11-25(21,22)12-15)16(19)13(3)24-17(20)14(4)23-10-6-2/h6,13-15H,2,5,7-12H2,1,3-4H3. The van der Waals surface area contributed by atoms with Crippen molar-refractivity contribution in [1.82, 2.24) is 4.90 Å². The summed E-state index contributed by atoms with van der Waals surface area (Å²) in [5.41, 5.74) is 0. The Labute approximate surface area is 150 Å². The van der Waals surface area contributed by atoms with E-state index in [9.17, 15) is 18.0 Å². The van der Waals surface area contributed by atoms with E-state index in [0.29, 0.717) is 13.0 Å². The van der Waals surface area contributed by atoms with Crippen molar-refractivity contribution in [2.24, 2.45) is 0 Å². The van der Waals surface area contributed by atoms with Gasteiger partial charge in [-0.1, -0.05) is 19.4 Å². The van der Waals surface area contributed by atoms with Crippen LogP contribution in [0.15, 0.2) is 12.7 Å². The van der Waals surface area contributed by atoms with Crippen molar-refractivity contribution in [1.29, 1.82) is 0 Å². The number of hydrogen-bond acceptors (Lipinski definition) is 6. The largest absolute Gasteiger partial charge is 0.451 e. The van der Waals surface area contributed by atoms with E-state index in [1.807, 2.05) is 6.92 Å². The Balaban J connectivity index is 2.72. The minimum atomic E-state index is -3.10. The Bertz CT molecular complexity index is 574. The van der Waals surface area contributed by atoms with Gasteiger partial charge in [-0.15, -0.1) is 6.58 Å². The zero-order valence-corrected chi connectivity index (χ0v) is 16.1. The lowest BCUT2D eigenvalue weighted by atomic mass is 10.1. The van der Waals surface area contributed by atoms with Crippen LogP contribution in [-0.4, -0.2) is 68.1 Å². The molecule has 25 heavy (non-hydrogen) atoms. The smallest absolute Gasteiger partial charge is 0.335 e. The van der Waals surface area contributed by atoms with Gasteiger partial charge < -0.3 is 14.4 Å². The molecule has 0 radical (unpaired) electrons. The first-order valence-corrected chi connectivity index (χ1v) is 10.5. The number of hydrogen-bond donors (Lipinski definition) is 0. The lowest BCUT2D eigenvalue weighted by Crippen LogP contribution is -2.47. The minimum absolute atomic E-state index is 0.0258. The molecule has 1 saturated heterocycles. The molecule has 8 heteroatoms. The van der Waals surface area contributed by atoms with Crippen LogP contribution < -0.4 is 0 Å². The van der Waals surface area contributed by atoms with Gasteiger partial charge in [-0.3, -0.25) is 4.79 Å². The number of amides is 1. The second kappa shape index (κ2) is 9.91. The number of carbonyl (C=O) groups is 2. The summed E-state index contributed by atoms with van der Waals surface area (Å²) in [5, 5.41) is 0. The molecule has 1 rings (SSSR count). The predicted molar refractivity (Wildman–Crippen MR) is 94.8 cm³/mol. The monoisotopic (exact) mass is 375 g/mol. The number of carbonyl (C=O) groups excluding carboxylic acids is 2.